The third-order valence-electron chi connectivity index (χ3n) is 4.19. The van der Waals surface area contributed by atoms with Crippen LogP contribution >= 0.6 is 31.9 Å². The van der Waals surface area contributed by atoms with Crippen molar-refractivity contribution in [2.75, 3.05) is 0 Å². The summed E-state index contributed by atoms with van der Waals surface area (Å²) >= 11 is 7.01. The highest BCUT2D eigenvalue weighted by Gasteiger charge is 2.40. The summed E-state index contributed by atoms with van der Waals surface area (Å²) < 4.78 is 1.85. The zero-order valence-corrected chi connectivity index (χ0v) is 15.7. The van der Waals surface area contributed by atoms with Gasteiger partial charge in [0.2, 0.25) is 0 Å². The minimum absolute atomic E-state index is 0.813. The molecule has 1 aliphatic rings. The Morgan fingerprint density at radius 3 is 1.83 bits per heavy atom. The maximum Gasteiger partial charge on any atom is 0.178 e. The molecule has 0 fully saturated rings. The third kappa shape index (κ3) is 2.52. The Hall–Kier alpha value is -1.86. The first-order valence-corrected chi connectivity index (χ1v) is 9.07. The zero-order chi connectivity index (χ0) is 16.7. The van der Waals surface area contributed by atoms with Gasteiger partial charge in [-0.3, -0.25) is 0 Å². The van der Waals surface area contributed by atoms with Crippen molar-refractivity contribution >= 4 is 31.9 Å². The molecule has 3 heteroatoms. The summed E-state index contributed by atoms with van der Waals surface area (Å²) in [6, 6.07) is 21.6. The molecular weight excluding hydrogens is 428 g/mol. The molecule has 0 radical (unpaired) electrons. The number of rotatable bonds is 0. The van der Waals surface area contributed by atoms with Crippen molar-refractivity contribution < 1.29 is 5.11 Å². The van der Waals surface area contributed by atoms with Crippen molar-refractivity contribution in [2.45, 2.75) is 5.60 Å². The fourth-order valence-electron chi connectivity index (χ4n) is 3.07. The molecule has 3 aromatic carbocycles. The second-order valence-corrected chi connectivity index (χ2v) is 7.54. The molecule has 0 saturated heterocycles. The van der Waals surface area contributed by atoms with Crippen molar-refractivity contribution in [2.24, 2.45) is 0 Å². The molecule has 0 heterocycles. The first kappa shape index (κ1) is 15.7. The second kappa shape index (κ2) is 5.89. The molecule has 0 atom stereocenters. The summed E-state index contributed by atoms with van der Waals surface area (Å²) in [7, 11) is 0. The van der Waals surface area contributed by atoms with Crippen LogP contribution in [0.2, 0.25) is 0 Å². The van der Waals surface area contributed by atoms with E-state index in [4.69, 9.17) is 0 Å². The van der Waals surface area contributed by atoms with Crippen molar-refractivity contribution in [3.8, 4) is 23.0 Å². The van der Waals surface area contributed by atoms with Crippen LogP contribution in [0.3, 0.4) is 0 Å². The molecule has 0 spiro atoms. The fourth-order valence-corrected chi connectivity index (χ4v) is 3.79. The van der Waals surface area contributed by atoms with E-state index in [0.717, 1.165) is 36.8 Å². The standard InChI is InChI=1S/C21H12Br2O/c22-15-6-8-17-18-9-7-16(23)13-20(18)21(24,19(17)12-15)11-10-14-4-2-1-3-5-14/h1-9,12-13,24H. The van der Waals surface area contributed by atoms with Crippen molar-refractivity contribution in [1.29, 1.82) is 0 Å². The molecule has 4 rings (SSSR count). The largest absolute Gasteiger partial charge is 0.369 e. The van der Waals surface area contributed by atoms with E-state index < -0.39 is 5.60 Å². The molecule has 3 aromatic rings. The zero-order valence-electron chi connectivity index (χ0n) is 12.6. The lowest BCUT2D eigenvalue weighted by Crippen LogP contribution is -2.22. The van der Waals surface area contributed by atoms with Gasteiger partial charge in [-0.2, -0.15) is 0 Å². The van der Waals surface area contributed by atoms with Crippen LogP contribution in [0.5, 0.6) is 0 Å². The number of halogens is 2. The predicted octanol–water partition coefficient (Wildman–Crippen LogP) is 5.48. The summed E-state index contributed by atoms with van der Waals surface area (Å²) in [6.45, 7) is 0. The molecule has 1 nitrogen and oxygen atoms in total. The third-order valence-corrected chi connectivity index (χ3v) is 5.18. The summed E-state index contributed by atoms with van der Waals surface area (Å²) in [5.74, 6) is 6.22. The van der Waals surface area contributed by atoms with Crippen molar-refractivity contribution in [1.82, 2.24) is 0 Å². The highest BCUT2D eigenvalue weighted by atomic mass is 79.9. The topological polar surface area (TPSA) is 20.2 Å². The Balaban J connectivity index is 1.96. The first-order valence-electron chi connectivity index (χ1n) is 7.49. The number of benzene rings is 3. The maximum atomic E-state index is 11.5. The van der Waals surface area contributed by atoms with Gasteiger partial charge in [-0.1, -0.05) is 74.0 Å². The van der Waals surface area contributed by atoms with Gasteiger partial charge in [0.1, 0.15) is 0 Å². The highest BCUT2D eigenvalue weighted by Crippen LogP contribution is 2.48. The average molecular weight is 440 g/mol. The Labute approximate surface area is 157 Å². The van der Waals surface area contributed by atoms with Crippen LogP contribution in [0.15, 0.2) is 75.7 Å². The highest BCUT2D eigenvalue weighted by molar-refractivity contribution is 9.10. The van der Waals surface area contributed by atoms with Gasteiger partial charge in [0.05, 0.1) is 0 Å². The summed E-state index contributed by atoms with van der Waals surface area (Å²) in [5, 5.41) is 11.5. The van der Waals surface area contributed by atoms with Gasteiger partial charge in [-0.25, -0.2) is 0 Å². The minimum Gasteiger partial charge on any atom is -0.369 e. The number of aliphatic hydroxyl groups is 1. The Kier molecular flexibility index (Phi) is 3.85. The first-order chi connectivity index (χ1) is 11.6. The Morgan fingerprint density at radius 1 is 0.750 bits per heavy atom. The molecule has 1 N–H and O–H groups in total. The van der Waals surface area contributed by atoms with Gasteiger partial charge in [-0.05, 0) is 47.5 Å². The smallest absolute Gasteiger partial charge is 0.178 e. The van der Waals surface area contributed by atoms with Crippen LogP contribution in [-0.2, 0) is 5.60 Å². The molecular formula is C21H12Br2O. The van der Waals surface area contributed by atoms with Gasteiger partial charge in [0.25, 0.3) is 0 Å². The lowest BCUT2D eigenvalue weighted by Gasteiger charge is -2.19. The van der Waals surface area contributed by atoms with Gasteiger partial charge in [0.15, 0.2) is 5.60 Å². The lowest BCUT2D eigenvalue weighted by atomic mass is 9.92. The van der Waals surface area contributed by atoms with Crippen LogP contribution in [0.25, 0.3) is 11.1 Å². The molecule has 0 aliphatic heterocycles. The minimum atomic E-state index is -1.33. The SMILES string of the molecule is OC1(C#Cc2ccccc2)c2cc(Br)ccc2-c2ccc(Br)cc21. The van der Waals surface area contributed by atoms with Crippen molar-refractivity contribution in [3.05, 3.63) is 92.4 Å². The van der Waals surface area contributed by atoms with E-state index in [1.54, 1.807) is 0 Å². The average Bonchev–Trinajstić information content (AvgIpc) is 2.83. The van der Waals surface area contributed by atoms with Crippen LogP contribution in [-0.4, -0.2) is 5.11 Å². The van der Waals surface area contributed by atoms with E-state index in [1.807, 2.05) is 66.7 Å². The van der Waals surface area contributed by atoms with Crippen LogP contribution in [0.1, 0.15) is 16.7 Å². The normalized spacial score (nSPS) is 13.6. The molecule has 1 aliphatic carbocycles. The van der Waals surface area contributed by atoms with E-state index in [-0.39, 0.29) is 0 Å². The van der Waals surface area contributed by atoms with E-state index >= 15 is 0 Å². The van der Waals surface area contributed by atoms with E-state index in [1.165, 1.54) is 0 Å². The van der Waals surface area contributed by atoms with Crippen molar-refractivity contribution in [3.63, 3.8) is 0 Å². The van der Waals surface area contributed by atoms with Gasteiger partial charge >= 0.3 is 0 Å². The Morgan fingerprint density at radius 2 is 1.29 bits per heavy atom. The fraction of sp³-hybridized carbons (Fsp3) is 0.0476. The summed E-state index contributed by atoms with van der Waals surface area (Å²) in [5.41, 5.74) is 3.22. The molecule has 0 bridgehead atoms. The quantitative estimate of drug-likeness (QED) is 0.460. The molecule has 116 valence electrons. The second-order valence-electron chi connectivity index (χ2n) is 5.71. The summed E-state index contributed by atoms with van der Waals surface area (Å²) in [6.07, 6.45) is 0. The molecule has 0 amide bonds. The van der Waals surface area contributed by atoms with Gasteiger partial charge < -0.3 is 5.11 Å². The number of hydrogen-bond donors (Lipinski definition) is 1. The van der Waals surface area contributed by atoms with Gasteiger partial charge in [-0.15, -0.1) is 0 Å². The van der Waals surface area contributed by atoms with Crippen LogP contribution < -0.4 is 0 Å². The van der Waals surface area contributed by atoms with Gasteiger partial charge in [0, 0.05) is 25.6 Å². The van der Waals surface area contributed by atoms with E-state index in [9.17, 15) is 5.11 Å². The summed E-state index contributed by atoms with van der Waals surface area (Å²) in [4.78, 5) is 0. The van der Waals surface area contributed by atoms with E-state index in [0.29, 0.717) is 0 Å². The molecule has 0 aromatic heterocycles. The Bertz CT molecular complexity index is 946. The number of hydrogen-bond acceptors (Lipinski definition) is 1. The molecule has 0 unspecified atom stereocenters. The predicted molar refractivity (Wildman–Crippen MR) is 104 cm³/mol. The van der Waals surface area contributed by atoms with E-state index in [2.05, 4.69) is 43.7 Å². The monoisotopic (exact) mass is 438 g/mol. The van der Waals surface area contributed by atoms with Crippen LogP contribution in [0.4, 0.5) is 0 Å². The number of fused-ring (bicyclic) bond motifs is 3. The lowest BCUT2D eigenvalue weighted by molar-refractivity contribution is 0.150. The van der Waals surface area contributed by atoms with Crippen LogP contribution in [0, 0.1) is 11.8 Å². The molecule has 24 heavy (non-hydrogen) atoms. The molecule has 0 saturated carbocycles. The maximum absolute atomic E-state index is 11.5.